The predicted octanol–water partition coefficient (Wildman–Crippen LogP) is 1.82. The molecule has 1 amide bonds. The SMILES string of the molecule is CN(C(=O)c1ccccc1Br)c1ccnn(C)c1=O. The largest absolute Gasteiger partial charge is 0.306 e. The molecule has 0 saturated heterocycles. The average Bonchev–Trinajstić information content (AvgIpc) is 2.41. The van der Waals surface area contributed by atoms with Crippen molar-refractivity contribution in [3.05, 3.63) is 56.9 Å². The van der Waals surface area contributed by atoms with Crippen LogP contribution in [0.25, 0.3) is 0 Å². The Labute approximate surface area is 118 Å². The Morgan fingerprint density at radius 1 is 1.32 bits per heavy atom. The van der Waals surface area contributed by atoms with Gasteiger partial charge in [0.05, 0.1) is 5.56 Å². The minimum atomic E-state index is -0.314. The molecule has 0 spiro atoms. The van der Waals surface area contributed by atoms with Crippen molar-refractivity contribution in [2.75, 3.05) is 11.9 Å². The van der Waals surface area contributed by atoms with Crippen LogP contribution in [-0.2, 0) is 7.05 Å². The van der Waals surface area contributed by atoms with Crippen LogP contribution in [-0.4, -0.2) is 22.7 Å². The van der Waals surface area contributed by atoms with Crippen molar-refractivity contribution >= 4 is 27.5 Å². The number of aryl methyl sites for hydroxylation is 1. The maximum atomic E-state index is 12.4. The van der Waals surface area contributed by atoms with Gasteiger partial charge in [-0.05, 0) is 34.1 Å². The lowest BCUT2D eigenvalue weighted by Crippen LogP contribution is -2.34. The number of carbonyl (C=O) groups is 1. The summed E-state index contributed by atoms with van der Waals surface area (Å²) in [5.41, 5.74) is 0.479. The fraction of sp³-hybridized carbons (Fsp3) is 0.154. The highest BCUT2D eigenvalue weighted by Crippen LogP contribution is 2.19. The standard InChI is InChI=1S/C13H12BrN3O2/c1-16(11-7-8-15-17(2)13(11)19)12(18)9-5-3-4-6-10(9)14/h3-8H,1-2H3. The zero-order valence-corrected chi connectivity index (χ0v) is 12.1. The van der Waals surface area contributed by atoms with E-state index in [0.29, 0.717) is 15.7 Å². The van der Waals surface area contributed by atoms with Crippen molar-refractivity contribution in [1.82, 2.24) is 9.78 Å². The Balaban J connectivity index is 2.43. The molecule has 19 heavy (non-hydrogen) atoms. The molecule has 2 aromatic rings. The Morgan fingerprint density at radius 3 is 2.68 bits per heavy atom. The fourth-order valence-electron chi connectivity index (χ4n) is 1.67. The van der Waals surface area contributed by atoms with E-state index >= 15 is 0 Å². The lowest BCUT2D eigenvalue weighted by atomic mass is 10.2. The molecule has 6 heteroatoms. The second-order valence-electron chi connectivity index (χ2n) is 3.99. The van der Waals surface area contributed by atoms with Crippen molar-refractivity contribution in [3.8, 4) is 0 Å². The van der Waals surface area contributed by atoms with Crippen LogP contribution in [0, 0.1) is 0 Å². The minimum absolute atomic E-state index is 0.254. The molecule has 0 radical (unpaired) electrons. The van der Waals surface area contributed by atoms with Crippen molar-refractivity contribution in [2.24, 2.45) is 7.05 Å². The highest BCUT2D eigenvalue weighted by atomic mass is 79.9. The van der Waals surface area contributed by atoms with Crippen LogP contribution in [0.1, 0.15) is 10.4 Å². The van der Waals surface area contributed by atoms with Gasteiger partial charge in [0, 0.05) is 24.8 Å². The summed E-state index contributed by atoms with van der Waals surface area (Å²) in [6.45, 7) is 0. The fourth-order valence-corrected chi connectivity index (χ4v) is 2.13. The van der Waals surface area contributed by atoms with E-state index in [9.17, 15) is 9.59 Å². The molecule has 0 aliphatic heterocycles. The van der Waals surface area contributed by atoms with E-state index in [-0.39, 0.29) is 11.5 Å². The van der Waals surface area contributed by atoms with Gasteiger partial charge in [-0.15, -0.1) is 0 Å². The van der Waals surface area contributed by atoms with E-state index in [1.165, 1.54) is 21.8 Å². The molecule has 0 bridgehead atoms. The first kappa shape index (κ1) is 13.5. The molecular formula is C13H12BrN3O2. The Hall–Kier alpha value is -1.95. The van der Waals surface area contributed by atoms with Crippen molar-refractivity contribution in [3.63, 3.8) is 0 Å². The molecular weight excluding hydrogens is 310 g/mol. The van der Waals surface area contributed by atoms with Crippen LogP contribution in [0.5, 0.6) is 0 Å². The minimum Gasteiger partial charge on any atom is -0.306 e. The molecule has 5 nitrogen and oxygen atoms in total. The quantitative estimate of drug-likeness (QED) is 0.847. The van der Waals surface area contributed by atoms with Crippen LogP contribution >= 0.6 is 15.9 Å². The monoisotopic (exact) mass is 321 g/mol. The molecule has 0 fully saturated rings. The predicted molar refractivity (Wildman–Crippen MR) is 76.4 cm³/mol. The van der Waals surface area contributed by atoms with Gasteiger partial charge in [0.25, 0.3) is 11.5 Å². The summed E-state index contributed by atoms with van der Waals surface area (Å²) in [4.78, 5) is 25.6. The smallest absolute Gasteiger partial charge is 0.290 e. The summed E-state index contributed by atoms with van der Waals surface area (Å²) < 4.78 is 1.89. The summed E-state index contributed by atoms with van der Waals surface area (Å²) in [5, 5.41) is 3.83. The Bertz CT molecular complexity index is 682. The maximum Gasteiger partial charge on any atom is 0.290 e. The van der Waals surface area contributed by atoms with Crippen molar-refractivity contribution < 1.29 is 4.79 Å². The topological polar surface area (TPSA) is 55.2 Å². The number of anilines is 1. The van der Waals surface area contributed by atoms with Crippen molar-refractivity contribution in [2.45, 2.75) is 0 Å². The van der Waals surface area contributed by atoms with Gasteiger partial charge in [0.1, 0.15) is 5.69 Å². The van der Waals surface area contributed by atoms with Gasteiger partial charge in [-0.25, -0.2) is 4.68 Å². The molecule has 0 saturated carbocycles. The first-order valence-electron chi connectivity index (χ1n) is 5.57. The average molecular weight is 322 g/mol. The van der Waals surface area contributed by atoms with Gasteiger partial charge in [-0.3, -0.25) is 9.59 Å². The van der Waals surface area contributed by atoms with Crippen LogP contribution in [0.2, 0.25) is 0 Å². The van der Waals surface area contributed by atoms with Gasteiger partial charge < -0.3 is 4.90 Å². The normalized spacial score (nSPS) is 10.3. The lowest BCUT2D eigenvalue weighted by molar-refractivity contribution is 0.0992. The molecule has 0 aliphatic carbocycles. The van der Waals surface area contributed by atoms with Gasteiger partial charge in [-0.1, -0.05) is 12.1 Å². The van der Waals surface area contributed by atoms with Crippen LogP contribution in [0.3, 0.4) is 0 Å². The summed E-state index contributed by atoms with van der Waals surface area (Å²) in [7, 11) is 3.11. The number of aromatic nitrogens is 2. The summed E-state index contributed by atoms with van der Waals surface area (Å²) in [6, 6.07) is 8.61. The van der Waals surface area contributed by atoms with Crippen LogP contribution in [0.15, 0.2) is 45.8 Å². The zero-order chi connectivity index (χ0) is 14.0. The molecule has 0 atom stereocenters. The number of halogens is 1. The van der Waals surface area contributed by atoms with Gasteiger partial charge in [0.15, 0.2) is 0 Å². The van der Waals surface area contributed by atoms with Crippen LogP contribution < -0.4 is 10.5 Å². The molecule has 0 N–H and O–H groups in total. The summed E-state index contributed by atoms with van der Waals surface area (Å²) >= 11 is 3.33. The number of nitrogens with zero attached hydrogens (tertiary/aromatic N) is 3. The molecule has 2 rings (SSSR count). The van der Waals surface area contributed by atoms with E-state index in [0.717, 1.165) is 0 Å². The van der Waals surface area contributed by atoms with Crippen LogP contribution in [0.4, 0.5) is 5.69 Å². The molecule has 98 valence electrons. The van der Waals surface area contributed by atoms with E-state index < -0.39 is 0 Å². The third kappa shape index (κ3) is 2.58. The van der Waals surface area contributed by atoms with Gasteiger partial charge in [-0.2, -0.15) is 5.10 Å². The molecule has 0 unspecified atom stereocenters. The number of hydrogen-bond donors (Lipinski definition) is 0. The highest BCUT2D eigenvalue weighted by molar-refractivity contribution is 9.10. The second kappa shape index (κ2) is 5.36. The molecule has 1 heterocycles. The Morgan fingerprint density at radius 2 is 2.00 bits per heavy atom. The van der Waals surface area contributed by atoms with E-state index in [1.807, 2.05) is 6.07 Å². The number of amides is 1. The van der Waals surface area contributed by atoms with Crippen molar-refractivity contribution in [1.29, 1.82) is 0 Å². The maximum absolute atomic E-state index is 12.4. The highest BCUT2D eigenvalue weighted by Gasteiger charge is 2.18. The first-order chi connectivity index (χ1) is 9.02. The number of rotatable bonds is 2. The third-order valence-corrected chi connectivity index (χ3v) is 3.45. The molecule has 1 aromatic heterocycles. The van der Waals surface area contributed by atoms with E-state index in [2.05, 4.69) is 21.0 Å². The zero-order valence-electron chi connectivity index (χ0n) is 10.5. The Kier molecular flexibility index (Phi) is 3.80. The van der Waals surface area contributed by atoms with E-state index in [4.69, 9.17) is 0 Å². The molecule has 0 aliphatic rings. The summed E-state index contributed by atoms with van der Waals surface area (Å²) in [5.74, 6) is -0.254. The second-order valence-corrected chi connectivity index (χ2v) is 4.84. The number of benzene rings is 1. The first-order valence-corrected chi connectivity index (χ1v) is 6.36. The van der Waals surface area contributed by atoms with Gasteiger partial charge >= 0.3 is 0 Å². The number of carbonyl (C=O) groups excluding carboxylic acids is 1. The summed E-state index contributed by atoms with van der Waals surface area (Å²) in [6.07, 6.45) is 1.49. The molecule has 1 aromatic carbocycles. The third-order valence-electron chi connectivity index (χ3n) is 2.76. The van der Waals surface area contributed by atoms with E-state index in [1.54, 1.807) is 32.3 Å². The number of hydrogen-bond acceptors (Lipinski definition) is 3. The lowest BCUT2D eigenvalue weighted by Gasteiger charge is -2.17. The van der Waals surface area contributed by atoms with Gasteiger partial charge in [0.2, 0.25) is 0 Å².